The second kappa shape index (κ2) is 9.15. The fourth-order valence-electron chi connectivity index (χ4n) is 3.62. The minimum atomic E-state index is 0.154. The zero-order chi connectivity index (χ0) is 20.1. The second-order valence-electron chi connectivity index (χ2n) is 7.30. The topological polar surface area (TPSA) is 63.3 Å². The molecule has 2 aliphatic rings. The van der Waals surface area contributed by atoms with Crippen molar-refractivity contribution in [3.63, 3.8) is 0 Å². The predicted molar refractivity (Wildman–Crippen MR) is 109 cm³/mol. The van der Waals surface area contributed by atoms with Gasteiger partial charge in [-0.2, -0.15) is 0 Å². The van der Waals surface area contributed by atoms with Crippen LogP contribution in [0.3, 0.4) is 0 Å². The first-order valence-corrected chi connectivity index (χ1v) is 9.93. The lowest BCUT2D eigenvalue weighted by molar-refractivity contribution is -0.132. The van der Waals surface area contributed by atoms with E-state index in [1.165, 1.54) is 5.56 Å². The maximum absolute atomic E-state index is 12.5. The predicted octanol–water partition coefficient (Wildman–Crippen LogP) is 1.86. The Balaban J connectivity index is 1.18. The molecule has 1 saturated heterocycles. The van der Waals surface area contributed by atoms with Gasteiger partial charge >= 0.3 is 0 Å². The van der Waals surface area contributed by atoms with Crippen molar-refractivity contribution in [2.75, 3.05) is 46.6 Å². The largest absolute Gasteiger partial charge is 0.497 e. The minimum Gasteiger partial charge on any atom is -0.497 e. The Kier molecular flexibility index (Phi) is 6.17. The fourth-order valence-corrected chi connectivity index (χ4v) is 3.62. The third-order valence-electron chi connectivity index (χ3n) is 5.33. The van der Waals surface area contributed by atoms with E-state index in [9.17, 15) is 4.79 Å². The van der Waals surface area contributed by atoms with Gasteiger partial charge in [0.2, 0.25) is 12.7 Å². The molecule has 2 aromatic rings. The third kappa shape index (κ3) is 4.99. The standard InChI is InChI=1S/C22H27N3O4/c1-27-19-5-2-17(3-6-19)13-23-14-22(26)25-10-8-24(9-11-25)15-18-4-7-20-21(12-18)29-16-28-20/h2-7,12,23H,8-11,13-16H2,1H3. The molecule has 2 aromatic carbocycles. The van der Waals surface area contributed by atoms with Crippen LogP contribution in [0, 0.1) is 0 Å². The van der Waals surface area contributed by atoms with E-state index in [0.717, 1.165) is 55.5 Å². The van der Waals surface area contributed by atoms with E-state index in [2.05, 4.69) is 16.3 Å². The van der Waals surface area contributed by atoms with Gasteiger partial charge in [-0.3, -0.25) is 9.69 Å². The quantitative estimate of drug-likeness (QED) is 0.770. The van der Waals surface area contributed by atoms with Gasteiger partial charge in [0.15, 0.2) is 11.5 Å². The van der Waals surface area contributed by atoms with E-state index in [0.29, 0.717) is 19.9 Å². The lowest BCUT2D eigenvalue weighted by Gasteiger charge is -2.34. The highest BCUT2D eigenvalue weighted by Crippen LogP contribution is 2.32. The average molecular weight is 397 g/mol. The van der Waals surface area contributed by atoms with Crippen LogP contribution >= 0.6 is 0 Å². The summed E-state index contributed by atoms with van der Waals surface area (Å²) in [6, 6.07) is 14.0. The molecule has 0 spiro atoms. The molecule has 1 N–H and O–H groups in total. The molecule has 4 rings (SSSR count). The molecule has 7 nitrogen and oxygen atoms in total. The number of carbonyl (C=O) groups excluding carboxylic acids is 1. The highest BCUT2D eigenvalue weighted by molar-refractivity contribution is 5.78. The molecule has 154 valence electrons. The summed E-state index contributed by atoms with van der Waals surface area (Å²) < 4.78 is 16.0. The van der Waals surface area contributed by atoms with Crippen LogP contribution < -0.4 is 19.5 Å². The lowest BCUT2D eigenvalue weighted by atomic mass is 10.1. The van der Waals surface area contributed by atoms with Crippen molar-refractivity contribution in [3.05, 3.63) is 53.6 Å². The normalized spacial score (nSPS) is 16.1. The highest BCUT2D eigenvalue weighted by Gasteiger charge is 2.21. The Morgan fingerprint density at radius 3 is 2.48 bits per heavy atom. The molecule has 1 amide bonds. The van der Waals surface area contributed by atoms with Gasteiger partial charge in [0, 0.05) is 39.3 Å². The number of nitrogens with zero attached hydrogens (tertiary/aromatic N) is 2. The number of rotatable bonds is 7. The number of benzene rings is 2. The van der Waals surface area contributed by atoms with Crippen molar-refractivity contribution in [1.82, 2.24) is 15.1 Å². The van der Waals surface area contributed by atoms with Crippen LogP contribution in [0.4, 0.5) is 0 Å². The van der Waals surface area contributed by atoms with Gasteiger partial charge in [-0.05, 0) is 35.4 Å². The Morgan fingerprint density at radius 1 is 1.00 bits per heavy atom. The SMILES string of the molecule is COc1ccc(CNCC(=O)N2CCN(Cc3ccc4c(c3)OCO4)CC2)cc1. The first-order chi connectivity index (χ1) is 14.2. The number of nitrogens with one attached hydrogen (secondary N) is 1. The molecule has 2 heterocycles. The van der Waals surface area contributed by atoms with Crippen LogP contribution in [0.15, 0.2) is 42.5 Å². The Morgan fingerprint density at radius 2 is 1.72 bits per heavy atom. The number of amides is 1. The van der Waals surface area contributed by atoms with Gasteiger partial charge in [-0.25, -0.2) is 0 Å². The number of carbonyl (C=O) groups is 1. The molecular weight excluding hydrogens is 370 g/mol. The number of ether oxygens (including phenoxy) is 3. The number of hydrogen-bond donors (Lipinski definition) is 1. The van der Waals surface area contributed by atoms with Crippen molar-refractivity contribution in [2.24, 2.45) is 0 Å². The van der Waals surface area contributed by atoms with Crippen LogP contribution in [-0.2, 0) is 17.9 Å². The van der Waals surface area contributed by atoms with Crippen LogP contribution in [0.2, 0.25) is 0 Å². The maximum atomic E-state index is 12.5. The molecule has 0 unspecified atom stereocenters. The molecule has 0 bridgehead atoms. The van der Waals surface area contributed by atoms with E-state index in [-0.39, 0.29) is 5.91 Å². The summed E-state index contributed by atoms with van der Waals surface area (Å²) in [7, 11) is 1.65. The van der Waals surface area contributed by atoms with Crippen LogP contribution in [0.25, 0.3) is 0 Å². The van der Waals surface area contributed by atoms with E-state index in [1.54, 1.807) is 7.11 Å². The van der Waals surface area contributed by atoms with Gasteiger partial charge in [-0.1, -0.05) is 18.2 Å². The van der Waals surface area contributed by atoms with E-state index in [1.807, 2.05) is 41.3 Å². The molecule has 29 heavy (non-hydrogen) atoms. The zero-order valence-electron chi connectivity index (χ0n) is 16.7. The maximum Gasteiger partial charge on any atom is 0.236 e. The van der Waals surface area contributed by atoms with Gasteiger partial charge in [0.05, 0.1) is 13.7 Å². The summed E-state index contributed by atoms with van der Waals surface area (Å²) in [5.74, 6) is 2.62. The van der Waals surface area contributed by atoms with Gasteiger partial charge in [0.1, 0.15) is 5.75 Å². The summed E-state index contributed by atoms with van der Waals surface area (Å²) >= 11 is 0. The van der Waals surface area contributed by atoms with Crippen LogP contribution in [0.1, 0.15) is 11.1 Å². The lowest BCUT2D eigenvalue weighted by Crippen LogP contribution is -2.50. The third-order valence-corrected chi connectivity index (χ3v) is 5.33. The minimum absolute atomic E-state index is 0.154. The Hall–Kier alpha value is -2.77. The number of piperazine rings is 1. The molecule has 0 aliphatic carbocycles. The monoisotopic (exact) mass is 397 g/mol. The number of fused-ring (bicyclic) bond motifs is 1. The summed E-state index contributed by atoms with van der Waals surface area (Å²) in [6.45, 7) is 5.44. The fraction of sp³-hybridized carbons (Fsp3) is 0.409. The van der Waals surface area contributed by atoms with Gasteiger partial charge in [0.25, 0.3) is 0 Å². The molecule has 0 atom stereocenters. The molecule has 1 fully saturated rings. The van der Waals surface area contributed by atoms with Crippen molar-refractivity contribution in [1.29, 1.82) is 0 Å². The van der Waals surface area contributed by atoms with E-state index >= 15 is 0 Å². The summed E-state index contributed by atoms with van der Waals surface area (Å²) in [5.41, 5.74) is 2.34. The van der Waals surface area contributed by atoms with Crippen molar-refractivity contribution >= 4 is 5.91 Å². The molecule has 7 heteroatoms. The molecule has 0 aromatic heterocycles. The van der Waals surface area contributed by atoms with Gasteiger partial charge in [-0.15, -0.1) is 0 Å². The van der Waals surface area contributed by atoms with Crippen molar-refractivity contribution in [2.45, 2.75) is 13.1 Å². The van der Waals surface area contributed by atoms with Crippen LogP contribution in [-0.4, -0.2) is 62.3 Å². The van der Waals surface area contributed by atoms with Crippen LogP contribution in [0.5, 0.6) is 17.2 Å². The van der Waals surface area contributed by atoms with E-state index in [4.69, 9.17) is 14.2 Å². The second-order valence-corrected chi connectivity index (χ2v) is 7.30. The smallest absolute Gasteiger partial charge is 0.236 e. The molecule has 2 aliphatic heterocycles. The van der Waals surface area contributed by atoms with Crippen molar-refractivity contribution in [3.8, 4) is 17.2 Å². The highest BCUT2D eigenvalue weighted by atomic mass is 16.7. The van der Waals surface area contributed by atoms with Crippen molar-refractivity contribution < 1.29 is 19.0 Å². The zero-order valence-corrected chi connectivity index (χ0v) is 16.7. The van der Waals surface area contributed by atoms with E-state index < -0.39 is 0 Å². The molecular formula is C22H27N3O4. The Bertz CT molecular complexity index is 832. The number of hydrogen-bond acceptors (Lipinski definition) is 6. The Labute approximate surface area is 171 Å². The molecule has 0 radical (unpaired) electrons. The summed E-state index contributed by atoms with van der Waals surface area (Å²) in [6.07, 6.45) is 0. The summed E-state index contributed by atoms with van der Waals surface area (Å²) in [5, 5.41) is 3.24. The first kappa shape index (κ1) is 19.5. The molecule has 0 saturated carbocycles. The van der Waals surface area contributed by atoms with Gasteiger partial charge < -0.3 is 24.4 Å². The summed E-state index contributed by atoms with van der Waals surface area (Å²) in [4.78, 5) is 16.8. The first-order valence-electron chi connectivity index (χ1n) is 9.93. The average Bonchev–Trinajstić information content (AvgIpc) is 3.22. The number of methoxy groups -OCH3 is 1.